The van der Waals surface area contributed by atoms with Crippen molar-refractivity contribution in [2.45, 2.75) is 39.2 Å². The highest BCUT2D eigenvalue weighted by Crippen LogP contribution is 2.52. The van der Waals surface area contributed by atoms with Gasteiger partial charge in [-0.05, 0) is 68.2 Å². The minimum absolute atomic E-state index is 0.0488. The number of fused-ring (bicyclic) bond motifs is 2. The molecule has 3 aromatic rings. The third-order valence-corrected chi connectivity index (χ3v) is 9.01. The van der Waals surface area contributed by atoms with Crippen LogP contribution in [0.5, 0.6) is 0 Å². The monoisotopic (exact) mass is 564 g/mol. The third-order valence-electron chi connectivity index (χ3n) is 8.80. The summed E-state index contributed by atoms with van der Waals surface area (Å²) in [5, 5.41) is 16.6. The normalized spacial score (nSPS) is 22.5. The zero-order valence-corrected chi connectivity index (χ0v) is 23.5. The van der Waals surface area contributed by atoms with Crippen molar-refractivity contribution in [3.63, 3.8) is 0 Å². The molecular formula is C29H33ClN6O4. The Hall–Kier alpha value is -3.66. The molecule has 1 amide bonds. The second-order valence-corrected chi connectivity index (χ2v) is 11.9. The quantitative estimate of drug-likeness (QED) is 0.353. The van der Waals surface area contributed by atoms with E-state index in [0.717, 1.165) is 17.7 Å². The molecule has 10 nitrogen and oxygen atoms in total. The first kappa shape index (κ1) is 26.6. The number of carbonyl (C=O) groups excluding carboxylic acids is 1. The summed E-state index contributed by atoms with van der Waals surface area (Å²) >= 11 is 5.93. The minimum Gasteiger partial charge on any atom is -0.476 e. The number of piperidine rings is 1. The lowest BCUT2D eigenvalue weighted by Gasteiger charge is -2.26. The average Bonchev–Trinajstić information content (AvgIpc) is 3.39. The summed E-state index contributed by atoms with van der Waals surface area (Å²) in [5.41, 5.74) is 2.24. The van der Waals surface area contributed by atoms with Crippen molar-refractivity contribution in [1.29, 1.82) is 0 Å². The van der Waals surface area contributed by atoms with Gasteiger partial charge in [0.25, 0.3) is 5.56 Å². The number of amides is 1. The molecule has 1 aromatic carbocycles. The summed E-state index contributed by atoms with van der Waals surface area (Å²) in [7, 11) is 1.74. The summed E-state index contributed by atoms with van der Waals surface area (Å²) in [6.07, 6.45) is 3.68. The Labute approximate surface area is 236 Å². The highest BCUT2D eigenvalue weighted by atomic mass is 35.5. The molecule has 210 valence electrons. The van der Waals surface area contributed by atoms with Gasteiger partial charge in [-0.1, -0.05) is 24.1 Å². The number of aromatic nitrogens is 3. The standard InChI is InChI=1S/C29H33ClN6O4/c1-14-9-17(15(2)32-21-7-8-22(30)33-25(21)28(39)40)24-18(10-14)27(38)35(3)29(34-24)36-12-19-20(13-36)23(19)26(37)31-11-16-5-4-6-16/h7-10,15-16,19-20,23,32H,4-6,11-13H2,1-3H3,(H,31,37)(H,39,40)/t15-,19-,20-/m0/s1. The SMILES string of the molecule is Cc1cc([C@H](C)Nc2ccc(Cl)nc2C(=O)O)c2nc(N3C[C@@H]4C(C(=O)NCC5CCC5)[C@H]4C3)n(C)c(=O)c2c1. The van der Waals surface area contributed by atoms with Crippen molar-refractivity contribution in [2.24, 2.45) is 30.7 Å². The van der Waals surface area contributed by atoms with Gasteiger partial charge < -0.3 is 20.6 Å². The van der Waals surface area contributed by atoms with Gasteiger partial charge in [0.2, 0.25) is 11.9 Å². The van der Waals surface area contributed by atoms with Crippen molar-refractivity contribution >= 4 is 46.0 Å². The second-order valence-electron chi connectivity index (χ2n) is 11.5. The second kappa shape index (κ2) is 10.1. The molecule has 3 aliphatic rings. The zero-order valence-electron chi connectivity index (χ0n) is 22.8. The number of hydrogen-bond acceptors (Lipinski definition) is 7. The van der Waals surface area contributed by atoms with Crippen molar-refractivity contribution < 1.29 is 14.7 Å². The van der Waals surface area contributed by atoms with Gasteiger partial charge in [0, 0.05) is 38.2 Å². The number of pyridine rings is 1. The molecule has 2 saturated carbocycles. The van der Waals surface area contributed by atoms with E-state index >= 15 is 0 Å². The number of aryl methyl sites for hydroxylation is 1. The number of aromatic carboxylic acids is 1. The van der Waals surface area contributed by atoms with E-state index < -0.39 is 5.97 Å². The highest BCUT2D eigenvalue weighted by molar-refractivity contribution is 6.29. The number of hydrogen-bond donors (Lipinski definition) is 3. The minimum atomic E-state index is -1.19. The number of carboxylic acids is 1. The molecular weight excluding hydrogens is 532 g/mol. The number of nitrogens with one attached hydrogen (secondary N) is 2. The van der Waals surface area contributed by atoms with Gasteiger partial charge in [-0.25, -0.2) is 14.8 Å². The Bertz CT molecular complexity index is 1570. The molecule has 0 radical (unpaired) electrons. The van der Waals surface area contributed by atoms with E-state index in [0.29, 0.717) is 41.5 Å². The molecule has 3 atom stereocenters. The van der Waals surface area contributed by atoms with Crippen molar-refractivity contribution in [1.82, 2.24) is 19.9 Å². The fraction of sp³-hybridized carbons (Fsp3) is 0.483. The Morgan fingerprint density at radius 2 is 1.90 bits per heavy atom. The molecule has 2 aliphatic carbocycles. The summed E-state index contributed by atoms with van der Waals surface area (Å²) < 4.78 is 1.59. The van der Waals surface area contributed by atoms with Crippen LogP contribution in [0, 0.1) is 30.6 Å². The Kier molecular flexibility index (Phi) is 6.68. The first-order chi connectivity index (χ1) is 19.1. The predicted octanol–water partition coefficient (Wildman–Crippen LogP) is 3.76. The molecule has 1 saturated heterocycles. The lowest BCUT2D eigenvalue weighted by molar-refractivity contribution is -0.123. The van der Waals surface area contributed by atoms with Crippen LogP contribution in [-0.4, -0.2) is 51.2 Å². The largest absolute Gasteiger partial charge is 0.476 e. The first-order valence-corrected chi connectivity index (χ1v) is 14.2. The molecule has 6 rings (SSSR count). The fourth-order valence-electron chi connectivity index (χ4n) is 6.32. The van der Waals surface area contributed by atoms with Crippen LogP contribution in [0.15, 0.2) is 29.1 Å². The van der Waals surface area contributed by atoms with Crippen LogP contribution in [0.2, 0.25) is 5.15 Å². The molecule has 0 unspecified atom stereocenters. The zero-order chi connectivity index (χ0) is 28.3. The van der Waals surface area contributed by atoms with Crippen molar-refractivity contribution in [3.8, 4) is 0 Å². The predicted molar refractivity (Wildman–Crippen MR) is 153 cm³/mol. The summed E-state index contributed by atoms with van der Waals surface area (Å²) in [4.78, 5) is 49.1. The number of halogens is 1. The number of nitrogens with zero attached hydrogens (tertiary/aromatic N) is 4. The van der Waals surface area contributed by atoms with E-state index in [9.17, 15) is 19.5 Å². The van der Waals surface area contributed by atoms with Crippen molar-refractivity contribution in [2.75, 3.05) is 29.9 Å². The molecule has 0 spiro atoms. The Balaban J connectivity index is 1.26. The van der Waals surface area contributed by atoms with E-state index in [1.54, 1.807) is 17.7 Å². The van der Waals surface area contributed by atoms with Crippen molar-refractivity contribution in [3.05, 3.63) is 56.6 Å². The van der Waals surface area contributed by atoms with Gasteiger partial charge in [0.05, 0.1) is 22.6 Å². The molecule has 40 heavy (non-hydrogen) atoms. The maximum absolute atomic E-state index is 13.5. The number of rotatable bonds is 8. The van der Waals surface area contributed by atoms with Gasteiger partial charge in [0.1, 0.15) is 5.15 Å². The van der Waals surface area contributed by atoms with Crippen LogP contribution in [0.3, 0.4) is 0 Å². The molecule has 3 fully saturated rings. The number of carbonyl (C=O) groups is 2. The fourth-order valence-corrected chi connectivity index (χ4v) is 6.47. The van der Waals surface area contributed by atoms with Gasteiger partial charge in [-0.15, -0.1) is 0 Å². The average molecular weight is 565 g/mol. The summed E-state index contributed by atoms with van der Waals surface area (Å²) in [6.45, 7) is 5.97. The van der Waals surface area contributed by atoms with Crippen LogP contribution in [-0.2, 0) is 11.8 Å². The van der Waals surface area contributed by atoms with Crippen LogP contribution in [0.25, 0.3) is 10.9 Å². The highest BCUT2D eigenvalue weighted by Gasteiger charge is 2.59. The van der Waals surface area contributed by atoms with E-state index in [1.165, 1.54) is 25.3 Å². The maximum Gasteiger partial charge on any atom is 0.356 e. The Morgan fingerprint density at radius 3 is 2.55 bits per heavy atom. The van der Waals surface area contributed by atoms with E-state index in [1.807, 2.05) is 26.0 Å². The van der Waals surface area contributed by atoms with Crippen LogP contribution < -0.4 is 21.1 Å². The molecule has 3 N–H and O–H groups in total. The van der Waals surface area contributed by atoms with E-state index in [2.05, 4.69) is 20.5 Å². The summed E-state index contributed by atoms with van der Waals surface area (Å²) in [6, 6.07) is 6.53. The van der Waals surface area contributed by atoms with Crippen LogP contribution >= 0.6 is 11.6 Å². The molecule has 0 bridgehead atoms. The lowest BCUT2D eigenvalue weighted by atomic mass is 9.85. The third kappa shape index (κ3) is 4.68. The topological polar surface area (TPSA) is 129 Å². The number of benzene rings is 1. The van der Waals surface area contributed by atoms with Crippen LogP contribution in [0.1, 0.15) is 53.8 Å². The lowest BCUT2D eigenvalue weighted by Crippen LogP contribution is -2.37. The molecule has 3 heterocycles. The van der Waals surface area contributed by atoms with Crippen LogP contribution in [0.4, 0.5) is 11.6 Å². The van der Waals surface area contributed by atoms with E-state index in [4.69, 9.17) is 16.6 Å². The maximum atomic E-state index is 13.5. The summed E-state index contributed by atoms with van der Waals surface area (Å²) in [5.74, 6) is 0.789. The van der Waals surface area contributed by atoms with Gasteiger partial charge >= 0.3 is 5.97 Å². The number of carboxylic acid groups (broad SMARTS) is 1. The molecule has 1 aliphatic heterocycles. The number of anilines is 2. The van der Waals surface area contributed by atoms with Gasteiger partial charge in [0.15, 0.2) is 5.69 Å². The smallest absolute Gasteiger partial charge is 0.356 e. The Morgan fingerprint density at radius 1 is 1.18 bits per heavy atom. The molecule has 11 heteroatoms. The van der Waals surface area contributed by atoms with Gasteiger partial charge in [-0.2, -0.15) is 0 Å². The molecule has 2 aromatic heterocycles. The van der Waals surface area contributed by atoms with Gasteiger partial charge in [-0.3, -0.25) is 14.2 Å². The van der Waals surface area contributed by atoms with E-state index in [-0.39, 0.29) is 46.1 Å². The first-order valence-electron chi connectivity index (χ1n) is 13.8.